The molecular weight excluding hydrogens is 239 g/mol. The summed E-state index contributed by atoms with van der Waals surface area (Å²) >= 11 is 2.28. The SMILES string of the molecule is C=C(CCC)N[C@H](I)NC. The van der Waals surface area contributed by atoms with Gasteiger partial charge < -0.3 is 5.32 Å². The molecule has 0 aliphatic rings. The Labute approximate surface area is 76.6 Å². The van der Waals surface area contributed by atoms with Crippen molar-refractivity contribution in [3.8, 4) is 0 Å². The van der Waals surface area contributed by atoms with Gasteiger partial charge in [-0.3, -0.25) is 5.32 Å². The van der Waals surface area contributed by atoms with Crippen LogP contribution in [0.1, 0.15) is 19.8 Å². The second-order valence-electron chi connectivity index (χ2n) is 2.15. The van der Waals surface area contributed by atoms with E-state index >= 15 is 0 Å². The van der Waals surface area contributed by atoms with Crippen LogP contribution in [0.25, 0.3) is 0 Å². The molecule has 0 amide bonds. The zero-order chi connectivity index (χ0) is 7.98. The molecule has 3 heteroatoms. The molecule has 2 nitrogen and oxygen atoms in total. The topological polar surface area (TPSA) is 24.1 Å². The van der Waals surface area contributed by atoms with Gasteiger partial charge in [-0.1, -0.05) is 19.9 Å². The zero-order valence-corrected chi connectivity index (χ0v) is 8.73. The quantitative estimate of drug-likeness (QED) is 0.338. The van der Waals surface area contributed by atoms with Crippen LogP contribution in [-0.4, -0.2) is 11.2 Å². The molecule has 0 bridgehead atoms. The van der Waals surface area contributed by atoms with Crippen LogP contribution in [-0.2, 0) is 0 Å². The van der Waals surface area contributed by atoms with Gasteiger partial charge in [0, 0.05) is 5.70 Å². The molecule has 0 radical (unpaired) electrons. The zero-order valence-electron chi connectivity index (χ0n) is 6.58. The van der Waals surface area contributed by atoms with E-state index in [-0.39, 0.29) is 0 Å². The van der Waals surface area contributed by atoms with Crippen molar-refractivity contribution in [2.24, 2.45) is 0 Å². The van der Waals surface area contributed by atoms with Crippen molar-refractivity contribution in [1.29, 1.82) is 0 Å². The lowest BCUT2D eigenvalue weighted by atomic mass is 10.3. The summed E-state index contributed by atoms with van der Waals surface area (Å²) in [6.07, 6.45) is 2.21. The van der Waals surface area contributed by atoms with E-state index in [4.69, 9.17) is 0 Å². The van der Waals surface area contributed by atoms with Crippen LogP contribution < -0.4 is 10.6 Å². The lowest BCUT2D eigenvalue weighted by Gasteiger charge is -2.13. The lowest BCUT2D eigenvalue weighted by Crippen LogP contribution is -2.33. The van der Waals surface area contributed by atoms with Crippen molar-refractivity contribution in [3.05, 3.63) is 12.3 Å². The Morgan fingerprint density at radius 1 is 1.70 bits per heavy atom. The van der Waals surface area contributed by atoms with Gasteiger partial charge in [0.1, 0.15) is 4.17 Å². The van der Waals surface area contributed by atoms with Gasteiger partial charge in [0.2, 0.25) is 0 Å². The molecule has 0 saturated carbocycles. The summed E-state index contributed by atoms with van der Waals surface area (Å²) < 4.78 is 0.302. The first-order chi connectivity index (χ1) is 4.70. The molecule has 0 heterocycles. The Balaban J connectivity index is 3.37. The van der Waals surface area contributed by atoms with E-state index in [1.54, 1.807) is 0 Å². The number of allylic oxidation sites excluding steroid dienone is 1. The summed E-state index contributed by atoms with van der Waals surface area (Å²) in [5, 5.41) is 6.28. The van der Waals surface area contributed by atoms with Crippen molar-refractivity contribution in [2.75, 3.05) is 7.05 Å². The summed E-state index contributed by atoms with van der Waals surface area (Å²) in [5.41, 5.74) is 1.11. The lowest BCUT2D eigenvalue weighted by molar-refractivity contribution is 0.653. The minimum Gasteiger partial charge on any atom is -0.365 e. The van der Waals surface area contributed by atoms with Crippen molar-refractivity contribution >= 4 is 22.6 Å². The second kappa shape index (κ2) is 5.97. The average molecular weight is 254 g/mol. The summed E-state index contributed by atoms with van der Waals surface area (Å²) in [7, 11) is 1.92. The number of hydrogen-bond donors (Lipinski definition) is 2. The van der Waals surface area contributed by atoms with E-state index in [0.29, 0.717) is 4.17 Å². The van der Waals surface area contributed by atoms with Gasteiger partial charge in [0.25, 0.3) is 0 Å². The Bertz CT molecular complexity index is 104. The maximum Gasteiger partial charge on any atom is 0.130 e. The van der Waals surface area contributed by atoms with Crippen LogP contribution in [0.5, 0.6) is 0 Å². The fourth-order valence-electron chi connectivity index (χ4n) is 0.625. The first-order valence-electron chi connectivity index (χ1n) is 3.46. The highest BCUT2D eigenvalue weighted by Crippen LogP contribution is 2.00. The van der Waals surface area contributed by atoms with E-state index in [1.807, 2.05) is 7.05 Å². The van der Waals surface area contributed by atoms with E-state index in [1.165, 1.54) is 0 Å². The van der Waals surface area contributed by atoms with E-state index in [0.717, 1.165) is 18.5 Å². The summed E-state index contributed by atoms with van der Waals surface area (Å²) in [6.45, 7) is 6.02. The Kier molecular flexibility index (Phi) is 6.11. The molecule has 0 aromatic rings. The molecule has 0 aromatic carbocycles. The third kappa shape index (κ3) is 5.05. The average Bonchev–Trinajstić information content (AvgIpc) is 1.88. The Morgan fingerprint density at radius 3 is 2.70 bits per heavy atom. The Morgan fingerprint density at radius 2 is 2.30 bits per heavy atom. The van der Waals surface area contributed by atoms with E-state index in [9.17, 15) is 0 Å². The summed E-state index contributed by atoms with van der Waals surface area (Å²) in [4.78, 5) is 0. The molecule has 0 aromatic heterocycles. The van der Waals surface area contributed by atoms with Crippen LogP contribution in [0.3, 0.4) is 0 Å². The molecule has 10 heavy (non-hydrogen) atoms. The largest absolute Gasteiger partial charge is 0.365 e. The molecule has 0 aliphatic heterocycles. The summed E-state index contributed by atoms with van der Waals surface area (Å²) in [5.74, 6) is 0. The normalized spacial score (nSPS) is 12.7. The molecule has 0 unspecified atom stereocenters. The van der Waals surface area contributed by atoms with Crippen LogP contribution in [0.2, 0.25) is 0 Å². The van der Waals surface area contributed by atoms with Gasteiger partial charge in [-0.2, -0.15) is 0 Å². The number of nitrogens with one attached hydrogen (secondary N) is 2. The van der Waals surface area contributed by atoms with Gasteiger partial charge in [0.15, 0.2) is 0 Å². The number of alkyl halides is 1. The van der Waals surface area contributed by atoms with Crippen molar-refractivity contribution in [1.82, 2.24) is 10.6 Å². The fraction of sp³-hybridized carbons (Fsp3) is 0.714. The molecule has 0 fully saturated rings. The molecule has 0 spiro atoms. The maximum atomic E-state index is 3.88. The first-order valence-corrected chi connectivity index (χ1v) is 4.71. The van der Waals surface area contributed by atoms with Crippen LogP contribution >= 0.6 is 22.6 Å². The molecule has 0 rings (SSSR count). The molecule has 60 valence electrons. The minimum absolute atomic E-state index is 0.302. The van der Waals surface area contributed by atoms with Gasteiger partial charge in [-0.05, 0) is 36.1 Å². The predicted octanol–water partition coefficient (Wildman–Crippen LogP) is 1.83. The molecule has 1 atom stereocenters. The first kappa shape index (κ1) is 10.2. The highest BCUT2D eigenvalue weighted by molar-refractivity contribution is 14.1. The number of halogens is 1. The van der Waals surface area contributed by atoms with E-state index in [2.05, 4.69) is 46.7 Å². The third-order valence-corrected chi connectivity index (χ3v) is 2.07. The van der Waals surface area contributed by atoms with Crippen LogP contribution in [0.4, 0.5) is 0 Å². The molecular formula is C7H15IN2. The number of rotatable bonds is 5. The minimum atomic E-state index is 0.302. The Hall–Kier alpha value is 0.230. The molecule has 2 N–H and O–H groups in total. The maximum absolute atomic E-state index is 3.88. The molecule has 0 aliphatic carbocycles. The van der Waals surface area contributed by atoms with Crippen LogP contribution in [0, 0.1) is 0 Å². The van der Waals surface area contributed by atoms with Crippen molar-refractivity contribution < 1.29 is 0 Å². The van der Waals surface area contributed by atoms with Crippen molar-refractivity contribution in [2.45, 2.75) is 23.9 Å². The van der Waals surface area contributed by atoms with Crippen molar-refractivity contribution in [3.63, 3.8) is 0 Å². The van der Waals surface area contributed by atoms with E-state index < -0.39 is 0 Å². The van der Waals surface area contributed by atoms with Gasteiger partial charge in [0.05, 0.1) is 0 Å². The van der Waals surface area contributed by atoms with Crippen LogP contribution in [0.15, 0.2) is 12.3 Å². The van der Waals surface area contributed by atoms with Gasteiger partial charge in [-0.15, -0.1) is 0 Å². The van der Waals surface area contributed by atoms with Gasteiger partial charge in [-0.25, -0.2) is 0 Å². The molecule has 0 saturated heterocycles. The number of hydrogen-bond acceptors (Lipinski definition) is 2. The fourth-order valence-corrected chi connectivity index (χ4v) is 1.07. The third-order valence-electron chi connectivity index (χ3n) is 1.14. The van der Waals surface area contributed by atoms with Gasteiger partial charge >= 0.3 is 0 Å². The summed E-state index contributed by atoms with van der Waals surface area (Å²) in [6, 6.07) is 0. The predicted molar refractivity (Wildman–Crippen MR) is 54.1 cm³/mol. The second-order valence-corrected chi connectivity index (χ2v) is 3.39. The monoisotopic (exact) mass is 254 g/mol. The highest BCUT2D eigenvalue weighted by atomic mass is 127. The smallest absolute Gasteiger partial charge is 0.130 e. The standard InChI is InChI=1S/C7H15IN2/c1-4-5-6(2)10-7(8)9-3/h7,9-10H,2,4-5H2,1,3H3/t7-/m1/s1. The highest BCUT2D eigenvalue weighted by Gasteiger charge is 1.97.